The van der Waals surface area contributed by atoms with Crippen molar-refractivity contribution in [3.8, 4) is 0 Å². The first-order valence-electron chi connectivity index (χ1n) is 6.45. The first-order valence-corrected chi connectivity index (χ1v) is 7.24. The highest BCUT2D eigenvalue weighted by Gasteiger charge is 2.18. The molecule has 0 aromatic heterocycles. The lowest BCUT2D eigenvalue weighted by molar-refractivity contribution is 0.164. The fraction of sp³-hybridized carbons (Fsp3) is 0.571. The minimum absolute atomic E-state index is 0.818. The maximum Gasteiger partial charge on any atom is 0.0458 e. The summed E-state index contributed by atoms with van der Waals surface area (Å²) in [4.78, 5) is 2.57. The predicted molar refractivity (Wildman–Crippen MR) is 76.8 cm³/mol. The van der Waals surface area contributed by atoms with Gasteiger partial charge in [0, 0.05) is 23.2 Å². The van der Waals surface area contributed by atoms with E-state index in [1.54, 1.807) is 0 Å². The summed E-state index contributed by atoms with van der Waals surface area (Å²) in [6.45, 7) is 5.83. The van der Waals surface area contributed by atoms with Crippen molar-refractivity contribution in [2.24, 2.45) is 5.92 Å². The van der Waals surface area contributed by atoms with Gasteiger partial charge in [-0.1, -0.05) is 19.4 Å². The van der Waals surface area contributed by atoms with Crippen LogP contribution in [0.2, 0.25) is 0 Å². The van der Waals surface area contributed by atoms with Gasteiger partial charge in [0.2, 0.25) is 0 Å². The SMILES string of the molecule is CCC1CCCN(Cc2ccc(N)c(Br)c2)C1. The molecule has 1 heterocycles. The van der Waals surface area contributed by atoms with E-state index in [1.807, 2.05) is 6.07 Å². The topological polar surface area (TPSA) is 29.3 Å². The zero-order chi connectivity index (χ0) is 12.3. The molecule has 2 nitrogen and oxygen atoms in total. The van der Waals surface area contributed by atoms with Crippen LogP contribution in [0.25, 0.3) is 0 Å². The van der Waals surface area contributed by atoms with Crippen molar-refractivity contribution < 1.29 is 0 Å². The van der Waals surface area contributed by atoms with E-state index in [9.17, 15) is 0 Å². The van der Waals surface area contributed by atoms with Crippen LogP contribution in [0.5, 0.6) is 0 Å². The number of piperidine rings is 1. The Hall–Kier alpha value is -0.540. The Morgan fingerprint density at radius 1 is 1.47 bits per heavy atom. The number of nitrogen functional groups attached to an aromatic ring is 1. The van der Waals surface area contributed by atoms with Crippen LogP contribution in [-0.4, -0.2) is 18.0 Å². The van der Waals surface area contributed by atoms with Gasteiger partial charge in [-0.3, -0.25) is 4.90 Å². The standard InChI is InChI=1S/C14H21BrN2/c1-2-11-4-3-7-17(9-11)10-12-5-6-14(16)13(15)8-12/h5-6,8,11H,2-4,7,9-10,16H2,1H3. The first kappa shape index (κ1) is 12.9. The molecule has 0 aliphatic carbocycles. The van der Waals surface area contributed by atoms with Crippen molar-refractivity contribution in [3.05, 3.63) is 28.2 Å². The van der Waals surface area contributed by atoms with E-state index >= 15 is 0 Å². The summed E-state index contributed by atoms with van der Waals surface area (Å²) < 4.78 is 1.01. The minimum atomic E-state index is 0.818. The second kappa shape index (κ2) is 5.87. The smallest absolute Gasteiger partial charge is 0.0458 e. The van der Waals surface area contributed by atoms with Crippen LogP contribution < -0.4 is 5.73 Å². The molecule has 1 unspecified atom stereocenters. The molecule has 1 aromatic rings. The quantitative estimate of drug-likeness (QED) is 0.863. The molecule has 94 valence electrons. The van der Waals surface area contributed by atoms with Gasteiger partial charge in [-0.15, -0.1) is 0 Å². The molecule has 1 saturated heterocycles. The number of halogens is 1. The average Bonchev–Trinajstić information content (AvgIpc) is 2.34. The van der Waals surface area contributed by atoms with Crippen molar-refractivity contribution >= 4 is 21.6 Å². The van der Waals surface area contributed by atoms with Gasteiger partial charge in [0.05, 0.1) is 0 Å². The molecule has 1 atom stereocenters. The first-order chi connectivity index (χ1) is 8.19. The van der Waals surface area contributed by atoms with Gasteiger partial charge in [0.15, 0.2) is 0 Å². The van der Waals surface area contributed by atoms with Gasteiger partial charge < -0.3 is 5.73 Å². The Morgan fingerprint density at radius 3 is 3.00 bits per heavy atom. The third kappa shape index (κ3) is 3.46. The van der Waals surface area contributed by atoms with E-state index in [2.05, 4.69) is 39.9 Å². The second-order valence-electron chi connectivity index (χ2n) is 5.01. The van der Waals surface area contributed by atoms with Crippen molar-refractivity contribution in [2.75, 3.05) is 18.8 Å². The average molecular weight is 297 g/mol. The Morgan fingerprint density at radius 2 is 2.29 bits per heavy atom. The summed E-state index contributed by atoms with van der Waals surface area (Å²) in [6.07, 6.45) is 4.05. The number of likely N-dealkylation sites (tertiary alicyclic amines) is 1. The number of nitrogens with zero attached hydrogens (tertiary/aromatic N) is 1. The number of hydrogen-bond acceptors (Lipinski definition) is 2. The van der Waals surface area contributed by atoms with Crippen LogP contribution >= 0.6 is 15.9 Å². The molecule has 1 aromatic carbocycles. The molecular weight excluding hydrogens is 276 g/mol. The van der Waals surface area contributed by atoms with Crippen LogP contribution in [0.1, 0.15) is 31.7 Å². The van der Waals surface area contributed by atoms with Crippen LogP contribution in [0.3, 0.4) is 0 Å². The molecule has 0 amide bonds. The van der Waals surface area contributed by atoms with Gasteiger partial charge in [0.25, 0.3) is 0 Å². The van der Waals surface area contributed by atoms with Crippen LogP contribution in [0, 0.1) is 5.92 Å². The summed E-state index contributed by atoms with van der Waals surface area (Å²) in [5.41, 5.74) is 7.97. The summed E-state index contributed by atoms with van der Waals surface area (Å²) >= 11 is 3.49. The normalized spacial score (nSPS) is 21.6. The molecule has 2 rings (SSSR count). The Balaban J connectivity index is 1.97. The van der Waals surface area contributed by atoms with E-state index in [0.29, 0.717) is 0 Å². The molecule has 1 aliphatic heterocycles. The molecule has 1 aliphatic rings. The van der Waals surface area contributed by atoms with Crippen LogP contribution in [0.15, 0.2) is 22.7 Å². The number of benzene rings is 1. The van der Waals surface area contributed by atoms with Crippen molar-refractivity contribution in [1.82, 2.24) is 4.90 Å². The number of anilines is 1. The van der Waals surface area contributed by atoms with E-state index in [-0.39, 0.29) is 0 Å². The van der Waals surface area contributed by atoms with Crippen molar-refractivity contribution in [3.63, 3.8) is 0 Å². The third-order valence-electron chi connectivity index (χ3n) is 3.65. The highest BCUT2D eigenvalue weighted by Crippen LogP contribution is 2.24. The summed E-state index contributed by atoms with van der Waals surface area (Å²) in [6, 6.07) is 6.27. The van der Waals surface area contributed by atoms with E-state index in [0.717, 1.165) is 22.6 Å². The molecule has 1 fully saturated rings. The third-order valence-corrected chi connectivity index (χ3v) is 4.34. The zero-order valence-electron chi connectivity index (χ0n) is 10.5. The lowest BCUT2D eigenvalue weighted by atomic mass is 9.95. The zero-order valence-corrected chi connectivity index (χ0v) is 12.0. The van der Waals surface area contributed by atoms with Gasteiger partial charge in [-0.25, -0.2) is 0 Å². The molecule has 0 spiro atoms. The predicted octanol–water partition coefficient (Wildman–Crippen LogP) is 3.65. The summed E-state index contributed by atoms with van der Waals surface area (Å²) in [7, 11) is 0. The summed E-state index contributed by atoms with van der Waals surface area (Å²) in [5, 5.41) is 0. The molecule has 0 radical (unpaired) electrons. The Bertz CT molecular complexity index is 378. The lowest BCUT2D eigenvalue weighted by Gasteiger charge is -2.32. The largest absolute Gasteiger partial charge is 0.398 e. The molecule has 17 heavy (non-hydrogen) atoms. The monoisotopic (exact) mass is 296 g/mol. The lowest BCUT2D eigenvalue weighted by Crippen LogP contribution is -2.34. The maximum absolute atomic E-state index is 5.80. The van der Waals surface area contributed by atoms with Gasteiger partial charge >= 0.3 is 0 Å². The van der Waals surface area contributed by atoms with Crippen molar-refractivity contribution in [2.45, 2.75) is 32.7 Å². The van der Waals surface area contributed by atoms with Gasteiger partial charge in [-0.05, 0) is 58.9 Å². The number of hydrogen-bond donors (Lipinski definition) is 1. The highest BCUT2D eigenvalue weighted by molar-refractivity contribution is 9.10. The minimum Gasteiger partial charge on any atom is -0.398 e. The van der Waals surface area contributed by atoms with Crippen LogP contribution in [0.4, 0.5) is 5.69 Å². The maximum atomic E-state index is 5.80. The molecular formula is C14H21BrN2. The highest BCUT2D eigenvalue weighted by atomic mass is 79.9. The molecule has 0 bridgehead atoms. The molecule has 2 N–H and O–H groups in total. The number of rotatable bonds is 3. The number of nitrogens with two attached hydrogens (primary N) is 1. The fourth-order valence-electron chi connectivity index (χ4n) is 2.56. The van der Waals surface area contributed by atoms with E-state index < -0.39 is 0 Å². The second-order valence-corrected chi connectivity index (χ2v) is 5.86. The Labute approximate surface area is 112 Å². The van der Waals surface area contributed by atoms with E-state index in [4.69, 9.17) is 5.73 Å². The Kier molecular flexibility index (Phi) is 4.46. The molecule has 0 saturated carbocycles. The van der Waals surface area contributed by atoms with E-state index in [1.165, 1.54) is 37.9 Å². The fourth-order valence-corrected chi connectivity index (χ4v) is 2.98. The van der Waals surface area contributed by atoms with Crippen LogP contribution in [-0.2, 0) is 6.54 Å². The van der Waals surface area contributed by atoms with Crippen molar-refractivity contribution in [1.29, 1.82) is 0 Å². The molecule has 3 heteroatoms. The summed E-state index contributed by atoms with van der Waals surface area (Å²) in [5.74, 6) is 0.890. The van der Waals surface area contributed by atoms with Gasteiger partial charge in [0.1, 0.15) is 0 Å². The van der Waals surface area contributed by atoms with Gasteiger partial charge in [-0.2, -0.15) is 0 Å².